The van der Waals surface area contributed by atoms with Crippen LogP contribution in [0.5, 0.6) is 0 Å². The highest BCUT2D eigenvalue weighted by Gasteiger charge is 2.30. The van der Waals surface area contributed by atoms with Gasteiger partial charge in [-0.05, 0) is 36.8 Å². The number of carboxylic acid groups (broad SMARTS) is 1. The Kier molecular flexibility index (Phi) is 4.65. The first-order valence-corrected chi connectivity index (χ1v) is 10.6. The van der Waals surface area contributed by atoms with E-state index in [0.717, 1.165) is 16.6 Å². The molecule has 2 unspecified atom stereocenters. The van der Waals surface area contributed by atoms with E-state index in [4.69, 9.17) is 0 Å². The predicted molar refractivity (Wildman–Crippen MR) is 120 cm³/mol. The summed E-state index contributed by atoms with van der Waals surface area (Å²) in [5.41, 5.74) is 1.45. The molecule has 0 saturated heterocycles. The first-order chi connectivity index (χ1) is 15.3. The summed E-state index contributed by atoms with van der Waals surface area (Å²) in [5, 5.41) is 13.5. The van der Waals surface area contributed by atoms with Crippen LogP contribution < -0.4 is 16.6 Å². The highest BCUT2D eigenvalue weighted by molar-refractivity contribution is 5.80. The first-order valence-electron chi connectivity index (χ1n) is 10.6. The van der Waals surface area contributed by atoms with Gasteiger partial charge in [0, 0.05) is 31.3 Å². The number of aromatic amines is 1. The number of aliphatic carboxylic acids is 1. The number of carboxylic acids is 1. The van der Waals surface area contributed by atoms with Crippen LogP contribution in [0.25, 0.3) is 22.1 Å². The van der Waals surface area contributed by atoms with E-state index >= 15 is 0 Å². The van der Waals surface area contributed by atoms with Crippen LogP contribution in [0.4, 0.5) is 5.95 Å². The number of H-pyrrole nitrogens is 1. The number of aryl methyl sites for hydroxylation is 2. The summed E-state index contributed by atoms with van der Waals surface area (Å²) in [4.78, 5) is 45.3. The second kappa shape index (κ2) is 7.40. The van der Waals surface area contributed by atoms with Gasteiger partial charge in [0.15, 0.2) is 11.2 Å². The lowest BCUT2D eigenvalue weighted by molar-refractivity contribution is -0.141. The molecule has 32 heavy (non-hydrogen) atoms. The minimum absolute atomic E-state index is 0.0442. The Morgan fingerprint density at radius 1 is 1.22 bits per heavy atom. The van der Waals surface area contributed by atoms with Crippen LogP contribution in [0, 0.1) is 5.92 Å². The maximum absolute atomic E-state index is 13.3. The quantitative estimate of drug-likeness (QED) is 0.436. The van der Waals surface area contributed by atoms with E-state index in [1.54, 1.807) is 18.7 Å². The summed E-state index contributed by atoms with van der Waals surface area (Å²) >= 11 is 0. The number of nitrogens with one attached hydrogen (secondary N) is 2. The number of hydrogen-bond acceptors (Lipinski definition) is 5. The number of imidazole rings is 1. The molecule has 0 radical (unpaired) electrons. The van der Waals surface area contributed by atoms with Crippen molar-refractivity contribution >= 4 is 34.0 Å². The molecule has 1 saturated carbocycles. The third-order valence-corrected chi connectivity index (χ3v) is 6.39. The van der Waals surface area contributed by atoms with Crippen molar-refractivity contribution in [2.45, 2.75) is 31.8 Å². The van der Waals surface area contributed by atoms with Gasteiger partial charge in [0.25, 0.3) is 5.56 Å². The minimum atomic E-state index is -0.790. The van der Waals surface area contributed by atoms with Crippen molar-refractivity contribution in [1.82, 2.24) is 23.7 Å². The molecule has 2 atom stereocenters. The van der Waals surface area contributed by atoms with Gasteiger partial charge in [0.05, 0.1) is 12.5 Å². The maximum atomic E-state index is 13.3. The Balaban J connectivity index is 1.53. The van der Waals surface area contributed by atoms with Crippen LogP contribution in [-0.4, -0.2) is 40.8 Å². The molecule has 0 bridgehead atoms. The van der Waals surface area contributed by atoms with Crippen molar-refractivity contribution in [3.05, 3.63) is 56.9 Å². The van der Waals surface area contributed by atoms with Gasteiger partial charge in [-0.15, -0.1) is 0 Å². The molecule has 4 aromatic rings. The Labute approximate surface area is 182 Å². The van der Waals surface area contributed by atoms with Crippen LogP contribution in [0.3, 0.4) is 0 Å². The lowest BCUT2D eigenvalue weighted by atomic mass is 10.1. The zero-order valence-electron chi connectivity index (χ0n) is 17.8. The van der Waals surface area contributed by atoms with Gasteiger partial charge in [-0.2, -0.15) is 4.98 Å². The standard InChI is InChI=1S/C22H24N6O4/c1-26-17-18(25-21(26)24-14-8-7-13(10-14)20(30)31)27(2)22(32)28(19(17)29)11-15-9-12-5-3-4-6-16(12)23-15/h3-6,9,13-14,23H,7-8,10-11H2,1-2H3,(H,24,25)(H,30,31). The van der Waals surface area contributed by atoms with Crippen molar-refractivity contribution in [1.29, 1.82) is 0 Å². The molecule has 3 aromatic heterocycles. The number of hydrogen-bond donors (Lipinski definition) is 3. The van der Waals surface area contributed by atoms with Crippen molar-refractivity contribution in [2.75, 3.05) is 5.32 Å². The molecule has 10 nitrogen and oxygen atoms in total. The summed E-state index contributed by atoms with van der Waals surface area (Å²) in [6.07, 6.45) is 1.82. The molecule has 1 aliphatic rings. The van der Waals surface area contributed by atoms with Crippen LogP contribution >= 0.6 is 0 Å². The second-order valence-electron chi connectivity index (χ2n) is 8.47. The highest BCUT2D eigenvalue weighted by atomic mass is 16.4. The molecule has 3 heterocycles. The lowest BCUT2D eigenvalue weighted by Crippen LogP contribution is -2.39. The zero-order chi connectivity index (χ0) is 22.6. The Morgan fingerprint density at radius 3 is 2.72 bits per heavy atom. The zero-order valence-corrected chi connectivity index (χ0v) is 17.8. The molecule has 1 aliphatic carbocycles. The Hall–Kier alpha value is -3.82. The molecule has 0 spiro atoms. The van der Waals surface area contributed by atoms with Crippen LogP contribution in [0.2, 0.25) is 0 Å². The third kappa shape index (κ3) is 3.19. The molecule has 0 amide bonds. The van der Waals surface area contributed by atoms with Gasteiger partial charge in [-0.3, -0.25) is 18.7 Å². The van der Waals surface area contributed by atoms with E-state index in [9.17, 15) is 19.5 Å². The van der Waals surface area contributed by atoms with E-state index in [2.05, 4.69) is 15.3 Å². The molecular weight excluding hydrogens is 412 g/mol. The molecule has 5 rings (SSSR count). The van der Waals surface area contributed by atoms with Crippen LogP contribution in [-0.2, 0) is 25.4 Å². The molecule has 3 N–H and O–H groups in total. The molecule has 0 aliphatic heterocycles. The predicted octanol–water partition coefficient (Wildman–Crippen LogP) is 1.63. The van der Waals surface area contributed by atoms with E-state index in [1.165, 1.54) is 9.13 Å². The number of aromatic nitrogens is 5. The fourth-order valence-corrected chi connectivity index (χ4v) is 4.62. The van der Waals surface area contributed by atoms with Crippen molar-refractivity contribution in [3.63, 3.8) is 0 Å². The van der Waals surface area contributed by atoms with Crippen LogP contribution in [0.15, 0.2) is 39.9 Å². The topological polar surface area (TPSA) is 127 Å². The summed E-state index contributed by atoms with van der Waals surface area (Å²) in [5.74, 6) is -0.715. The first kappa shape index (κ1) is 20.1. The van der Waals surface area contributed by atoms with Gasteiger partial charge in [0.1, 0.15) is 0 Å². The monoisotopic (exact) mass is 436 g/mol. The van der Waals surface area contributed by atoms with Crippen molar-refractivity contribution < 1.29 is 9.90 Å². The number of para-hydroxylation sites is 1. The summed E-state index contributed by atoms with van der Waals surface area (Å²) in [7, 11) is 3.32. The largest absolute Gasteiger partial charge is 0.481 e. The third-order valence-electron chi connectivity index (χ3n) is 6.39. The molecule has 1 fully saturated rings. The molecule has 1 aromatic carbocycles. The van der Waals surface area contributed by atoms with Gasteiger partial charge >= 0.3 is 11.7 Å². The normalized spacial score (nSPS) is 18.6. The number of rotatable bonds is 5. The summed E-state index contributed by atoms with van der Waals surface area (Å²) in [6, 6.07) is 9.66. The van der Waals surface area contributed by atoms with E-state index in [0.29, 0.717) is 36.4 Å². The van der Waals surface area contributed by atoms with Gasteiger partial charge in [-0.25, -0.2) is 4.79 Å². The number of fused-ring (bicyclic) bond motifs is 2. The molecule has 166 valence electrons. The van der Waals surface area contributed by atoms with Gasteiger partial charge in [0.2, 0.25) is 5.95 Å². The van der Waals surface area contributed by atoms with E-state index in [1.807, 2.05) is 30.3 Å². The van der Waals surface area contributed by atoms with Gasteiger partial charge in [-0.1, -0.05) is 18.2 Å². The van der Waals surface area contributed by atoms with Crippen molar-refractivity contribution in [2.24, 2.45) is 20.0 Å². The number of nitrogens with zero attached hydrogens (tertiary/aromatic N) is 4. The maximum Gasteiger partial charge on any atom is 0.332 e. The average molecular weight is 436 g/mol. The summed E-state index contributed by atoms with van der Waals surface area (Å²) in [6.45, 7) is 0.118. The minimum Gasteiger partial charge on any atom is -0.481 e. The number of carbonyl (C=O) groups is 1. The molecule has 10 heteroatoms. The van der Waals surface area contributed by atoms with Gasteiger partial charge < -0.3 is 20.0 Å². The van der Waals surface area contributed by atoms with E-state index < -0.39 is 17.2 Å². The number of benzene rings is 1. The number of anilines is 1. The SMILES string of the molecule is Cn1c(NC2CCC(C(=O)O)C2)nc2c1c(=O)n(Cc1cc3ccccc3[nH]1)c(=O)n2C. The van der Waals surface area contributed by atoms with Crippen LogP contribution in [0.1, 0.15) is 25.0 Å². The highest BCUT2D eigenvalue weighted by Crippen LogP contribution is 2.28. The van der Waals surface area contributed by atoms with E-state index in [-0.39, 0.29) is 18.5 Å². The molecular formula is C22H24N6O4. The fourth-order valence-electron chi connectivity index (χ4n) is 4.62. The van der Waals surface area contributed by atoms with Crippen molar-refractivity contribution in [3.8, 4) is 0 Å². The smallest absolute Gasteiger partial charge is 0.332 e. The average Bonchev–Trinajstić information content (AvgIpc) is 3.47. The Morgan fingerprint density at radius 2 is 2.00 bits per heavy atom. The second-order valence-corrected chi connectivity index (χ2v) is 8.47. The summed E-state index contributed by atoms with van der Waals surface area (Å²) < 4.78 is 4.22. The Bertz CT molecular complexity index is 1440. The lowest BCUT2D eigenvalue weighted by Gasteiger charge is -2.13. The fraction of sp³-hybridized carbons (Fsp3) is 0.364.